The second-order valence-corrected chi connectivity index (χ2v) is 9.28. The topological polar surface area (TPSA) is 57.7 Å². The fraction of sp³-hybridized carbons (Fsp3) is 0.208. The van der Waals surface area contributed by atoms with Crippen LogP contribution in [0.15, 0.2) is 89.8 Å². The highest BCUT2D eigenvalue weighted by atomic mass is 32.2. The molecule has 0 aliphatic rings. The van der Waals surface area contributed by atoms with Gasteiger partial charge in [-0.15, -0.1) is 0 Å². The van der Waals surface area contributed by atoms with Crippen molar-refractivity contribution in [3.05, 3.63) is 102 Å². The summed E-state index contributed by atoms with van der Waals surface area (Å²) < 4.78 is 25.8. The molecular formula is C24H26N2O3S. The SMILES string of the molecule is CCN(C(=O)c1ccc(S(=O)(=O)N(C)C)cc1)C(c1ccccc1)c1ccccc1. The Labute approximate surface area is 178 Å². The van der Waals surface area contributed by atoms with Crippen molar-refractivity contribution < 1.29 is 13.2 Å². The lowest BCUT2D eigenvalue weighted by molar-refractivity contribution is 0.0717. The number of sulfonamides is 1. The first-order valence-corrected chi connectivity index (χ1v) is 11.2. The van der Waals surface area contributed by atoms with Crippen LogP contribution in [0.5, 0.6) is 0 Å². The van der Waals surface area contributed by atoms with Crippen molar-refractivity contribution in [2.24, 2.45) is 0 Å². The van der Waals surface area contributed by atoms with Gasteiger partial charge in [0.25, 0.3) is 5.91 Å². The smallest absolute Gasteiger partial charge is 0.254 e. The van der Waals surface area contributed by atoms with Crippen LogP contribution in [0.4, 0.5) is 0 Å². The highest BCUT2D eigenvalue weighted by Gasteiger charge is 2.27. The standard InChI is InChI=1S/C24H26N2O3S/c1-4-26(23(19-11-7-5-8-12-19)20-13-9-6-10-14-20)24(27)21-15-17-22(18-16-21)30(28,29)25(2)3/h5-18,23H,4H2,1-3H3. The van der Waals surface area contributed by atoms with E-state index in [1.54, 1.807) is 17.0 Å². The number of carbonyl (C=O) groups is 1. The summed E-state index contributed by atoms with van der Waals surface area (Å²) in [6.45, 7) is 2.45. The third-order valence-corrected chi connectivity index (χ3v) is 6.85. The third-order valence-electron chi connectivity index (χ3n) is 5.02. The predicted molar refractivity (Wildman–Crippen MR) is 119 cm³/mol. The molecule has 3 rings (SSSR count). The van der Waals surface area contributed by atoms with E-state index in [1.807, 2.05) is 67.6 Å². The Morgan fingerprint density at radius 2 is 1.27 bits per heavy atom. The third kappa shape index (κ3) is 4.45. The van der Waals surface area contributed by atoms with Crippen LogP contribution in [0.3, 0.4) is 0 Å². The van der Waals surface area contributed by atoms with Gasteiger partial charge in [-0.3, -0.25) is 4.79 Å². The maximum Gasteiger partial charge on any atom is 0.254 e. The number of amides is 1. The normalized spacial score (nSPS) is 11.6. The predicted octanol–water partition coefficient (Wildman–Crippen LogP) is 4.19. The van der Waals surface area contributed by atoms with E-state index in [0.29, 0.717) is 12.1 Å². The molecule has 5 nitrogen and oxygen atoms in total. The van der Waals surface area contributed by atoms with Crippen LogP contribution < -0.4 is 0 Å². The molecule has 6 heteroatoms. The molecule has 0 N–H and O–H groups in total. The van der Waals surface area contributed by atoms with Gasteiger partial charge in [-0.05, 0) is 42.3 Å². The minimum absolute atomic E-state index is 0.149. The Kier molecular flexibility index (Phi) is 6.70. The zero-order valence-electron chi connectivity index (χ0n) is 17.4. The summed E-state index contributed by atoms with van der Waals surface area (Å²) >= 11 is 0. The number of nitrogens with zero attached hydrogens (tertiary/aromatic N) is 2. The van der Waals surface area contributed by atoms with Crippen molar-refractivity contribution in [1.29, 1.82) is 0 Å². The summed E-state index contributed by atoms with van der Waals surface area (Å²) in [6, 6.07) is 25.7. The molecule has 3 aromatic rings. The van der Waals surface area contributed by atoms with E-state index in [-0.39, 0.29) is 16.8 Å². The molecule has 0 aliphatic heterocycles. The maximum absolute atomic E-state index is 13.4. The van der Waals surface area contributed by atoms with E-state index >= 15 is 0 Å². The molecule has 0 saturated carbocycles. The Hall–Kier alpha value is -2.96. The van der Waals surface area contributed by atoms with Gasteiger partial charge in [0, 0.05) is 26.2 Å². The zero-order chi connectivity index (χ0) is 21.7. The second kappa shape index (κ2) is 9.24. The van der Waals surface area contributed by atoms with Crippen LogP contribution in [0, 0.1) is 0 Å². The fourth-order valence-corrected chi connectivity index (χ4v) is 4.31. The van der Waals surface area contributed by atoms with E-state index in [4.69, 9.17) is 0 Å². The maximum atomic E-state index is 13.4. The second-order valence-electron chi connectivity index (χ2n) is 7.13. The number of benzene rings is 3. The van der Waals surface area contributed by atoms with Gasteiger partial charge in [0.15, 0.2) is 0 Å². The Balaban J connectivity index is 1.99. The highest BCUT2D eigenvalue weighted by Crippen LogP contribution is 2.30. The number of rotatable bonds is 7. The molecule has 3 aromatic carbocycles. The van der Waals surface area contributed by atoms with Gasteiger partial charge in [0.05, 0.1) is 10.9 Å². The minimum atomic E-state index is -3.54. The van der Waals surface area contributed by atoms with Crippen LogP contribution in [0.2, 0.25) is 0 Å². The Morgan fingerprint density at radius 3 is 1.67 bits per heavy atom. The largest absolute Gasteiger partial charge is 0.328 e. The van der Waals surface area contributed by atoms with Crippen molar-refractivity contribution in [2.75, 3.05) is 20.6 Å². The first kappa shape index (κ1) is 21.7. The van der Waals surface area contributed by atoms with Gasteiger partial charge in [-0.1, -0.05) is 60.7 Å². The first-order chi connectivity index (χ1) is 14.4. The average Bonchev–Trinajstić information content (AvgIpc) is 2.78. The van der Waals surface area contributed by atoms with E-state index < -0.39 is 10.0 Å². The molecule has 0 aliphatic carbocycles. The summed E-state index contributed by atoms with van der Waals surface area (Å²) in [5.74, 6) is -0.149. The molecule has 1 amide bonds. The lowest BCUT2D eigenvalue weighted by Gasteiger charge is -2.32. The molecule has 0 bridgehead atoms. The first-order valence-electron chi connectivity index (χ1n) is 9.79. The molecule has 0 unspecified atom stereocenters. The van der Waals surface area contributed by atoms with Crippen molar-refractivity contribution in [2.45, 2.75) is 17.9 Å². The molecule has 156 valence electrons. The van der Waals surface area contributed by atoms with Gasteiger partial charge in [-0.25, -0.2) is 12.7 Å². The van der Waals surface area contributed by atoms with Crippen LogP contribution >= 0.6 is 0 Å². The zero-order valence-corrected chi connectivity index (χ0v) is 18.2. The van der Waals surface area contributed by atoms with Crippen molar-refractivity contribution >= 4 is 15.9 Å². The number of hydrogen-bond acceptors (Lipinski definition) is 3. The molecule has 0 fully saturated rings. The van der Waals surface area contributed by atoms with E-state index in [1.165, 1.54) is 26.2 Å². The summed E-state index contributed by atoms with van der Waals surface area (Å²) in [5.41, 5.74) is 2.49. The van der Waals surface area contributed by atoms with Crippen LogP contribution in [-0.4, -0.2) is 44.2 Å². The van der Waals surface area contributed by atoms with Crippen LogP contribution in [0.25, 0.3) is 0 Å². The Morgan fingerprint density at radius 1 is 0.800 bits per heavy atom. The van der Waals surface area contributed by atoms with Gasteiger partial charge < -0.3 is 4.90 Å². The summed E-state index contributed by atoms with van der Waals surface area (Å²) in [6.07, 6.45) is 0. The number of carbonyl (C=O) groups excluding carboxylic acids is 1. The average molecular weight is 423 g/mol. The van der Waals surface area contributed by atoms with Crippen molar-refractivity contribution in [3.63, 3.8) is 0 Å². The van der Waals surface area contributed by atoms with E-state index in [2.05, 4.69) is 0 Å². The molecular weight excluding hydrogens is 396 g/mol. The lowest BCUT2D eigenvalue weighted by atomic mass is 9.96. The van der Waals surface area contributed by atoms with E-state index in [9.17, 15) is 13.2 Å². The van der Waals surface area contributed by atoms with Crippen LogP contribution in [-0.2, 0) is 10.0 Å². The van der Waals surface area contributed by atoms with Crippen molar-refractivity contribution in [3.8, 4) is 0 Å². The van der Waals surface area contributed by atoms with Gasteiger partial charge in [0.1, 0.15) is 0 Å². The minimum Gasteiger partial charge on any atom is -0.328 e. The molecule has 0 heterocycles. The molecule has 0 atom stereocenters. The van der Waals surface area contributed by atoms with Crippen LogP contribution in [0.1, 0.15) is 34.5 Å². The van der Waals surface area contributed by atoms with Crippen molar-refractivity contribution in [1.82, 2.24) is 9.21 Å². The molecule has 30 heavy (non-hydrogen) atoms. The fourth-order valence-electron chi connectivity index (χ4n) is 3.41. The molecule has 0 aromatic heterocycles. The summed E-state index contributed by atoms with van der Waals surface area (Å²) in [4.78, 5) is 15.4. The quantitative estimate of drug-likeness (QED) is 0.574. The monoisotopic (exact) mass is 422 g/mol. The molecule has 0 saturated heterocycles. The van der Waals surface area contributed by atoms with Gasteiger partial charge in [-0.2, -0.15) is 0 Å². The lowest BCUT2D eigenvalue weighted by Crippen LogP contribution is -2.35. The molecule has 0 spiro atoms. The van der Waals surface area contributed by atoms with Gasteiger partial charge in [0.2, 0.25) is 10.0 Å². The number of hydrogen-bond donors (Lipinski definition) is 0. The highest BCUT2D eigenvalue weighted by molar-refractivity contribution is 7.89. The Bertz CT molecular complexity index is 1040. The summed E-state index contributed by atoms with van der Waals surface area (Å²) in [5, 5.41) is 0. The molecule has 0 radical (unpaired) electrons. The summed E-state index contributed by atoms with van der Waals surface area (Å²) in [7, 11) is -0.572. The van der Waals surface area contributed by atoms with E-state index in [0.717, 1.165) is 15.4 Å². The van der Waals surface area contributed by atoms with Gasteiger partial charge >= 0.3 is 0 Å².